The lowest BCUT2D eigenvalue weighted by atomic mass is 9.81. The highest BCUT2D eigenvalue weighted by Crippen LogP contribution is 2.46. The van der Waals surface area contributed by atoms with Crippen LogP contribution in [0.1, 0.15) is 33.4 Å². The van der Waals surface area contributed by atoms with E-state index in [1.165, 1.54) is 55.6 Å². The molecule has 0 unspecified atom stereocenters. The molecule has 2 heteroatoms. The molecule has 3 aromatic carbocycles. The summed E-state index contributed by atoms with van der Waals surface area (Å²) in [6.07, 6.45) is 0. The molecule has 26 heavy (non-hydrogen) atoms. The van der Waals surface area contributed by atoms with Gasteiger partial charge in [0.05, 0.1) is 26.4 Å². The van der Waals surface area contributed by atoms with Gasteiger partial charge in [-0.1, -0.05) is 48.5 Å². The molecule has 5 rings (SSSR count). The van der Waals surface area contributed by atoms with Crippen LogP contribution in [0.5, 0.6) is 0 Å². The Morgan fingerprint density at radius 3 is 1.46 bits per heavy atom. The molecular weight excluding hydrogens is 320 g/mol. The van der Waals surface area contributed by atoms with Crippen molar-refractivity contribution in [3.8, 4) is 22.3 Å². The Hall–Kier alpha value is -2.42. The van der Waals surface area contributed by atoms with Crippen molar-refractivity contribution in [2.45, 2.75) is 40.3 Å². The van der Waals surface area contributed by atoms with E-state index in [1.54, 1.807) is 0 Å². The second-order valence-corrected chi connectivity index (χ2v) is 7.26. The summed E-state index contributed by atoms with van der Waals surface area (Å²) < 4.78 is 12.1. The van der Waals surface area contributed by atoms with Gasteiger partial charge in [-0.2, -0.15) is 0 Å². The van der Waals surface area contributed by atoms with Crippen LogP contribution in [0.3, 0.4) is 0 Å². The van der Waals surface area contributed by atoms with Gasteiger partial charge in [0.2, 0.25) is 0 Å². The molecule has 0 spiro atoms. The lowest BCUT2D eigenvalue weighted by molar-refractivity contribution is 0.108. The maximum atomic E-state index is 6.06. The van der Waals surface area contributed by atoms with Crippen LogP contribution in [0.15, 0.2) is 48.5 Å². The summed E-state index contributed by atoms with van der Waals surface area (Å²) in [6.45, 7) is 7.09. The number of hydrogen-bond donors (Lipinski definition) is 0. The van der Waals surface area contributed by atoms with Gasteiger partial charge in [0.15, 0.2) is 0 Å². The molecule has 0 atom stereocenters. The van der Waals surface area contributed by atoms with Crippen molar-refractivity contribution in [1.82, 2.24) is 0 Å². The molecule has 0 N–H and O–H groups in total. The van der Waals surface area contributed by atoms with Crippen molar-refractivity contribution in [2.24, 2.45) is 0 Å². The predicted molar refractivity (Wildman–Crippen MR) is 104 cm³/mol. The van der Waals surface area contributed by atoms with Gasteiger partial charge in [0.1, 0.15) is 0 Å². The smallest absolute Gasteiger partial charge is 0.0730 e. The zero-order valence-electron chi connectivity index (χ0n) is 15.3. The van der Waals surface area contributed by atoms with Crippen molar-refractivity contribution >= 4 is 0 Å². The minimum Gasteiger partial charge on any atom is -0.372 e. The minimum absolute atomic E-state index is 0.660. The molecule has 2 aliphatic heterocycles. The van der Waals surface area contributed by atoms with E-state index in [9.17, 15) is 0 Å². The lowest BCUT2D eigenvalue weighted by Crippen LogP contribution is -2.05. The molecular formula is C24H22O2. The first-order chi connectivity index (χ1) is 12.8. The molecule has 2 nitrogen and oxygen atoms in total. The average Bonchev–Trinajstić information content (AvgIpc) is 2.98. The number of hydrogen-bond acceptors (Lipinski definition) is 2. The van der Waals surface area contributed by atoms with Crippen LogP contribution in [0.25, 0.3) is 22.3 Å². The second-order valence-electron chi connectivity index (χ2n) is 7.26. The first kappa shape index (κ1) is 15.8. The summed E-state index contributed by atoms with van der Waals surface area (Å²) in [6, 6.07) is 17.3. The van der Waals surface area contributed by atoms with E-state index < -0.39 is 0 Å². The van der Waals surface area contributed by atoms with Gasteiger partial charge in [-0.25, -0.2) is 0 Å². The molecule has 3 aromatic rings. The normalized spacial score (nSPS) is 15.2. The Morgan fingerprint density at radius 2 is 1.00 bits per heavy atom. The van der Waals surface area contributed by atoms with Gasteiger partial charge in [-0.3, -0.25) is 0 Å². The van der Waals surface area contributed by atoms with Crippen molar-refractivity contribution < 1.29 is 9.47 Å². The summed E-state index contributed by atoms with van der Waals surface area (Å²) in [5.41, 5.74) is 13.1. The van der Waals surface area contributed by atoms with Crippen molar-refractivity contribution in [3.63, 3.8) is 0 Å². The summed E-state index contributed by atoms with van der Waals surface area (Å²) in [7, 11) is 0. The molecule has 2 aliphatic rings. The Bertz CT molecular complexity index is 934. The van der Waals surface area contributed by atoms with Crippen LogP contribution in [-0.2, 0) is 35.9 Å². The third kappa shape index (κ3) is 2.26. The van der Waals surface area contributed by atoms with Crippen LogP contribution < -0.4 is 0 Å². The van der Waals surface area contributed by atoms with Crippen LogP contribution in [0.2, 0.25) is 0 Å². The van der Waals surface area contributed by atoms with Crippen LogP contribution >= 0.6 is 0 Å². The van der Waals surface area contributed by atoms with Gasteiger partial charge in [-0.05, 0) is 69.5 Å². The maximum absolute atomic E-state index is 6.06. The quantitative estimate of drug-likeness (QED) is 0.522. The van der Waals surface area contributed by atoms with Crippen molar-refractivity contribution in [3.05, 3.63) is 81.9 Å². The van der Waals surface area contributed by atoms with Gasteiger partial charge >= 0.3 is 0 Å². The van der Waals surface area contributed by atoms with Gasteiger partial charge in [0, 0.05) is 0 Å². The zero-order valence-corrected chi connectivity index (χ0v) is 15.3. The van der Waals surface area contributed by atoms with E-state index in [0.717, 1.165) is 0 Å². The van der Waals surface area contributed by atoms with Crippen LogP contribution in [0, 0.1) is 13.8 Å². The first-order valence-corrected chi connectivity index (χ1v) is 9.22. The van der Waals surface area contributed by atoms with Crippen molar-refractivity contribution in [2.75, 3.05) is 0 Å². The Labute approximate surface area is 154 Å². The third-order valence-electron chi connectivity index (χ3n) is 5.90. The molecule has 0 radical (unpaired) electrons. The number of fused-ring (bicyclic) bond motifs is 7. The molecule has 130 valence electrons. The molecule has 0 saturated carbocycles. The number of ether oxygens (including phenoxy) is 2. The third-order valence-corrected chi connectivity index (χ3v) is 5.90. The zero-order chi connectivity index (χ0) is 17.7. The first-order valence-electron chi connectivity index (χ1n) is 9.22. The van der Waals surface area contributed by atoms with Gasteiger partial charge in [0.25, 0.3) is 0 Å². The molecule has 0 aromatic heterocycles. The van der Waals surface area contributed by atoms with Crippen LogP contribution in [0.4, 0.5) is 0 Å². The summed E-state index contributed by atoms with van der Waals surface area (Å²) >= 11 is 0. The molecule has 0 bridgehead atoms. The van der Waals surface area contributed by atoms with E-state index >= 15 is 0 Å². The van der Waals surface area contributed by atoms with E-state index in [2.05, 4.69) is 62.4 Å². The van der Waals surface area contributed by atoms with Gasteiger partial charge < -0.3 is 9.47 Å². The molecule has 0 aliphatic carbocycles. The monoisotopic (exact) mass is 342 g/mol. The standard InChI is InChI=1S/C24H22O2/c1-15-16(2)22-14-26-12-18-8-4-6-10-20(18)24(22)23-19-9-5-3-7-17(19)11-25-13-21(15)23/h3-10H,11-14H2,1-2H3. The summed E-state index contributed by atoms with van der Waals surface area (Å²) in [5.74, 6) is 0. The summed E-state index contributed by atoms with van der Waals surface area (Å²) in [5, 5.41) is 0. The fourth-order valence-electron chi connectivity index (χ4n) is 4.39. The molecule has 0 saturated heterocycles. The van der Waals surface area contributed by atoms with Gasteiger partial charge in [-0.15, -0.1) is 0 Å². The molecule has 0 fully saturated rings. The largest absolute Gasteiger partial charge is 0.372 e. The SMILES string of the molecule is Cc1c(C)c2c(c3c1COCc1ccccc1-3)-c1ccccc1COC2. The average molecular weight is 342 g/mol. The van der Waals surface area contributed by atoms with Crippen molar-refractivity contribution in [1.29, 1.82) is 0 Å². The second kappa shape index (κ2) is 6.08. The fraction of sp³-hybridized carbons (Fsp3) is 0.250. The Kier molecular flexibility index (Phi) is 3.70. The highest BCUT2D eigenvalue weighted by Gasteiger charge is 2.27. The topological polar surface area (TPSA) is 18.5 Å². The number of rotatable bonds is 0. The van der Waals surface area contributed by atoms with Crippen LogP contribution in [-0.4, -0.2) is 0 Å². The van der Waals surface area contributed by atoms with E-state index in [4.69, 9.17) is 9.47 Å². The highest BCUT2D eigenvalue weighted by atomic mass is 16.5. The summed E-state index contributed by atoms with van der Waals surface area (Å²) in [4.78, 5) is 0. The molecule has 2 heterocycles. The fourth-order valence-corrected chi connectivity index (χ4v) is 4.39. The number of benzene rings is 3. The van der Waals surface area contributed by atoms with E-state index in [-0.39, 0.29) is 0 Å². The van der Waals surface area contributed by atoms with E-state index in [1.807, 2.05) is 0 Å². The predicted octanol–water partition coefficient (Wildman–Crippen LogP) is 5.70. The minimum atomic E-state index is 0.660. The highest BCUT2D eigenvalue weighted by molar-refractivity contribution is 5.92. The lowest BCUT2D eigenvalue weighted by Gasteiger charge is -2.23. The Morgan fingerprint density at radius 1 is 0.577 bits per heavy atom. The molecule has 0 amide bonds. The maximum Gasteiger partial charge on any atom is 0.0730 e. The Balaban J connectivity index is 1.96. The van der Waals surface area contributed by atoms with E-state index in [0.29, 0.717) is 26.4 Å².